The lowest BCUT2D eigenvalue weighted by atomic mass is 9.79. The summed E-state index contributed by atoms with van der Waals surface area (Å²) in [5.74, 6) is -2.98. The first-order valence-corrected chi connectivity index (χ1v) is 27.5. The van der Waals surface area contributed by atoms with Gasteiger partial charge in [-0.25, -0.2) is 4.98 Å². The third-order valence-electron chi connectivity index (χ3n) is 15.1. The Morgan fingerprint density at radius 2 is 1.47 bits per heavy atom. The maximum Gasteiger partial charge on any atom is 0.253 e. The predicted molar refractivity (Wildman–Crippen MR) is 281 cm³/mol. The number of carbonyl (C=O) groups is 7. The molecule has 18 heteroatoms. The molecule has 1 N–H and O–H groups in total. The van der Waals surface area contributed by atoms with Crippen molar-refractivity contribution < 1.29 is 57.2 Å². The second-order valence-electron chi connectivity index (χ2n) is 20.9. The third-order valence-corrected chi connectivity index (χ3v) is 16.0. The zero-order chi connectivity index (χ0) is 53.8. The van der Waals surface area contributed by atoms with Crippen LogP contribution in [0.3, 0.4) is 0 Å². The van der Waals surface area contributed by atoms with Gasteiger partial charge in [0.2, 0.25) is 17.7 Å². The van der Waals surface area contributed by atoms with Gasteiger partial charge in [0.15, 0.2) is 5.78 Å². The highest BCUT2D eigenvalue weighted by atomic mass is 32.1. The lowest BCUT2D eigenvalue weighted by Gasteiger charge is -2.43. The first kappa shape index (κ1) is 60.1. The van der Waals surface area contributed by atoms with Crippen molar-refractivity contribution in [3.8, 4) is 0 Å². The molecule has 3 aliphatic rings. The van der Waals surface area contributed by atoms with Gasteiger partial charge in [0, 0.05) is 88.6 Å². The van der Waals surface area contributed by atoms with Crippen molar-refractivity contribution in [1.82, 2.24) is 25.0 Å². The lowest BCUT2D eigenvalue weighted by molar-refractivity contribution is -0.150. The van der Waals surface area contributed by atoms with Crippen LogP contribution in [0.1, 0.15) is 122 Å². The average Bonchev–Trinajstić information content (AvgIpc) is 4.17. The minimum Gasteiger partial charge on any atom is -0.379 e. The van der Waals surface area contributed by atoms with Crippen molar-refractivity contribution in [2.75, 3.05) is 74.0 Å². The van der Waals surface area contributed by atoms with E-state index < -0.39 is 35.6 Å². The lowest BCUT2D eigenvalue weighted by Crippen LogP contribution is -2.55. The number of hydrogen-bond donors (Lipinski definition) is 1. The second kappa shape index (κ2) is 30.1. The van der Waals surface area contributed by atoms with E-state index >= 15 is 0 Å². The maximum absolute atomic E-state index is 14.8. The van der Waals surface area contributed by atoms with Gasteiger partial charge < -0.3 is 38.8 Å². The van der Waals surface area contributed by atoms with Gasteiger partial charge in [-0.05, 0) is 63.4 Å². The number of thiazole rings is 1. The average molecular weight is 1050 g/mol. The van der Waals surface area contributed by atoms with Crippen molar-refractivity contribution in [1.29, 1.82) is 0 Å². The summed E-state index contributed by atoms with van der Waals surface area (Å²) in [6.07, 6.45) is 10.4. The molecule has 0 unspecified atom stereocenters. The van der Waals surface area contributed by atoms with Gasteiger partial charge >= 0.3 is 0 Å². The van der Waals surface area contributed by atoms with Gasteiger partial charge in [-0.2, -0.15) is 0 Å². The zero-order valence-electron chi connectivity index (χ0n) is 45.1. The van der Waals surface area contributed by atoms with E-state index in [-0.39, 0.29) is 130 Å². The van der Waals surface area contributed by atoms with Crippen LogP contribution in [0.15, 0.2) is 54.1 Å². The van der Waals surface area contributed by atoms with E-state index in [9.17, 15) is 33.6 Å². The number of nitrogens with zero attached hydrogens (tertiary/aromatic N) is 4. The smallest absolute Gasteiger partial charge is 0.253 e. The molecule has 5 amide bonds. The molecule has 7 atom stereocenters. The number of aromatic nitrogens is 1. The summed E-state index contributed by atoms with van der Waals surface area (Å²) in [5, 5.41) is 5.70. The van der Waals surface area contributed by atoms with Crippen LogP contribution in [-0.4, -0.2) is 165 Å². The SMILES string of the molecule is CO[C@H]([C@@H](C)C(=O)C[C@@H](Cc1ccccc1)c1nccs1)[C@@H]1CCCN1C(=O)C[C@@H](OC)[C@H](C1CCCCC1)N(C)C(=O)[C@@H](CC(=O)C(C)(C)NC(=O)CCOCCOCCOCCN1C(=O)C=CC1=O)C(C)C. The monoisotopic (exact) mass is 1050 g/mol. The van der Waals surface area contributed by atoms with Crippen molar-refractivity contribution in [2.45, 2.75) is 147 Å². The molecule has 1 aromatic heterocycles. The molecule has 1 aromatic carbocycles. The van der Waals surface area contributed by atoms with Crippen LogP contribution in [0, 0.1) is 23.7 Å². The molecule has 5 rings (SSSR count). The van der Waals surface area contributed by atoms with E-state index in [0.29, 0.717) is 25.8 Å². The Bertz CT molecular complexity index is 2130. The number of nitrogens with one attached hydrogen (secondary N) is 1. The summed E-state index contributed by atoms with van der Waals surface area (Å²) in [4.78, 5) is 103. The highest BCUT2D eigenvalue weighted by Gasteiger charge is 2.45. The Hall–Kier alpha value is -4.72. The molecule has 2 fully saturated rings. The summed E-state index contributed by atoms with van der Waals surface area (Å²) < 4.78 is 28.9. The number of hydrogen-bond acceptors (Lipinski definition) is 14. The standard InChI is InChI=1S/C56H83N5O12S/c1-38(2)43(36-47(63)56(4,5)58-48(64)23-27-71-29-31-73-32-30-72-28-26-61-49(65)21-22-50(61)66)55(68)59(6)52(41-18-13-10-14-19-41)46(69-7)37-51(67)60-25-15-20-44(60)53(70-8)39(3)45(62)35-42(54-57-24-33-74-54)34-40-16-11-9-12-17-40/h9,11-12,16-17,21-22,24,33,38-39,41-44,46,52-53H,10,13-15,18-20,23,25-32,34-37H2,1-8H3,(H,58,64)/t39-,42+,43-,44-,46+,52-,53+/m0/s1. The van der Waals surface area contributed by atoms with Crippen LogP contribution in [-0.2, 0) is 63.7 Å². The minimum atomic E-state index is -1.26. The van der Waals surface area contributed by atoms with Crippen LogP contribution in [0.25, 0.3) is 0 Å². The number of likely N-dealkylation sites (tertiary alicyclic amines) is 1. The summed E-state index contributed by atoms with van der Waals surface area (Å²) in [6, 6.07) is 9.38. The third kappa shape index (κ3) is 17.4. The van der Waals surface area contributed by atoms with E-state index in [1.54, 1.807) is 57.5 Å². The van der Waals surface area contributed by atoms with Gasteiger partial charge in [0.05, 0.1) is 87.4 Å². The molecule has 1 saturated carbocycles. The number of ketones is 2. The zero-order valence-corrected chi connectivity index (χ0v) is 45.9. The summed E-state index contributed by atoms with van der Waals surface area (Å²) in [7, 11) is 4.99. The first-order chi connectivity index (χ1) is 35.5. The minimum absolute atomic E-state index is 0.0169. The number of amides is 5. The predicted octanol–water partition coefficient (Wildman–Crippen LogP) is 6.37. The molecule has 410 valence electrons. The number of Topliss-reactive ketones (excluding diaryl/α,β-unsaturated/α-hetero) is 2. The molecule has 0 radical (unpaired) electrons. The quantitative estimate of drug-likeness (QED) is 0.0611. The Morgan fingerprint density at radius 3 is 2.08 bits per heavy atom. The Kier molecular flexibility index (Phi) is 24.5. The number of benzene rings is 1. The van der Waals surface area contributed by atoms with E-state index in [0.717, 1.165) is 54.0 Å². The fourth-order valence-electron chi connectivity index (χ4n) is 10.8. The van der Waals surface area contributed by atoms with E-state index in [1.165, 1.54) is 12.2 Å². The molecular weight excluding hydrogens is 967 g/mol. The van der Waals surface area contributed by atoms with E-state index in [4.69, 9.17) is 23.7 Å². The first-order valence-electron chi connectivity index (χ1n) is 26.7. The fraction of sp³-hybridized carbons (Fsp3) is 0.679. The molecular formula is C56H83N5O12S. The van der Waals surface area contributed by atoms with Crippen molar-refractivity contribution in [2.24, 2.45) is 23.7 Å². The molecule has 74 heavy (non-hydrogen) atoms. The van der Waals surface area contributed by atoms with Crippen LogP contribution in [0.2, 0.25) is 0 Å². The number of ether oxygens (including phenoxy) is 5. The molecule has 17 nitrogen and oxygen atoms in total. The normalized spacial score (nSPS) is 18.9. The van der Waals surface area contributed by atoms with Gasteiger partial charge in [0.25, 0.3) is 11.8 Å². The maximum atomic E-state index is 14.8. The molecule has 3 heterocycles. The van der Waals surface area contributed by atoms with Gasteiger partial charge in [0.1, 0.15) is 5.78 Å². The van der Waals surface area contributed by atoms with Crippen molar-refractivity contribution in [3.63, 3.8) is 0 Å². The van der Waals surface area contributed by atoms with Crippen LogP contribution in [0.4, 0.5) is 0 Å². The largest absolute Gasteiger partial charge is 0.379 e. The molecule has 0 bridgehead atoms. The number of carbonyl (C=O) groups excluding carboxylic acids is 7. The molecule has 0 spiro atoms. The topological polar surface area (TPSA) is 200 Å². The Balaban J connectivity index is 1.14. The molecule has 1 aliphatic carbocycles. The Labute approximate surface area is 442 Å². The molecule has 2 aliphatic heterocycles. The van der Waals surface area contributed by atoms with Crippen LogP contribution < -0.4 is 5.32 Å². The fourth-order valence-corrected chi connectivity index (χ4v) is 11.5. The molecule has 1 saturated heterocycles. The summed E-state index contributed by atoms with van der Waals surface area (Å²) in [5.41, 5.74) is -0.124. The van der Waals surface area contributed by atoms with Crippen LogP contribution in [0.5, 0.6) is 0 Å². The number of rotatable bonds is 33. The van der Waals surface area contributed by atoms with Crippen molar-refractivity contribution >= 4 is 52.4 Å². The molecule has 2 aromatic rings. The van der Waals surface area contributed by atoms with E-state index in [1.807, 2.05) is 49.3 Å². The van der Waals surface area contributed by atoms with Gasteiger partial charge in [-0.1, -0.05) is 70.4 Å². The Morgan fingerprint density at radius 1 is 0.824 bits per heavy atom. The summed E-state index contributed by atoms with van der Waals surface area (Å²) >= 11 is 1.56. The highest BCUT2D eigenvalue weighted by Crippen LogP contribution is 2.36. The second-order valence-corrected chi connectivity index (χ2v) is 21.9. The summed E-state index contributed by atoms with van der Waals surface area (Å²) in [6.45, 7) is 11.1. The van der Waals surface area contributed by atoms with Crippen molar-refractivity contribution in [3.05, 3.63) is 64.6 Å². The van der Waals surface area contributed by atoms with Crippen LogP contribution >= 0.6 is 11.3 Å². The van der Waals surface area contributed by atoms with Gasteiger partial charge in [-0.3, -0.25) is 38.5 Å². The van der Waals surface area contributed by atoms with E-state index in [2.05, 4.69) is 22.4 Å². The number of methoxy groups -OCH3 is 2. The number of likely N-dealkylation sites (N-methyl/N-ethyl adjacent to an activating group) is 1. The highest BCUT2D eigenvalue weighted by molar-refractivity contribution is 7.09. The van der Waals surface area contributed by atoms with Gasteiger partial charge in [-0.15, -0.1) is 11.3 Å². The number of imide groups is 1.